The van der Waals surface area contributed by atoms with Crippen molar-refractivity contribution in [1.82, 2.24) is 0 Å². The lowest BCUT2D eigenvalue weighted by molar-refractivity contribution is 0.0392. The average Bonchev–Trinajstić information content (AvgIpc) is 2.74. The van der Waals surface area contributed by atoms with Gasteiger partial charge in [-0.2, -0.15) is 0 Å². The van der Waals surface area contributed by atoms with Gasteiger partial charge in [0.1, 0.15) is 0 Å². The zero-order valence-corrected chi connectivity index (χ0v) is 13.0. The van der Waals surface area contributed by atoms with Gasteiger partial charge in [-0.25, -0.2) is 0 Å². The first-order valence-electron chi connectivity index (χ1n) is 7.75. The quantitative estimate of drug-likeness (QED) is 0.419. The van der Waals surface area contributed by atoms with Crippen molar-refractivity contribution in [2.45, 2.75) is 77.9 Å². The van der Waals surface area contributed by atoms with Crippen molar-refractivity contribution in [3.63, 3.8) is 0 Å². The molecular formula is C18H30O. The van der Waals surface area contributed by atoms with Crippen LogP contribution in [0.2, 0.25) is 0 Å². The molecule has 1 aliphatic heterocycles. The molecule has 0 aromatic heterocycles. The Hall–Kier alpha value is -0.780. The molecule has 0 aromatic carbocycles. The minimum atomic E-state index is 0.303. The van der Waals surface area contributed by atoms with Gasteiger partial charge in [-0.3, -0.25) is 0 Å². The molecule has 0 aromatic rings. The first kappa shape index (κ1) is 16.3. The van der Waals surface area contributed by atoms with Crippen molar-refractivity contribution < 1.29 is 4.74 Å². The average molecular weight is 262 g/mol. The second-order valence-corrected chi connectivity index (χ2v) is 6.10. The summed E-state index contributed by atoms with van der Waals surface area (Å²) < 4.78 is 6.12. The minimum absolute atomic E-state index is 0.303. The topological polar surface area (TPSA) is 9.23 Å². The summed E-state index contributed by atoms with van der Waals surface area (Å²) in [6, 6.07) is 0. The summed E-state index contributed by atoms with van der Waals surface area (Å²) in [4.78, 5) is 0. The van der Waals surface area contributed by atoms with Gasteiger partial charge in [0.2, 0.25) is 0 Å². The number of unbranched alkanes of at least 4 members (excludes halogenated alkanes) is 1. The highest BCUT2D eigenvalue weighted by molar-refractivity contribution is 5.09. The summed E-state index contributed by atoms with van der Waals surface area (Å²) in [5, 5.41) is 0. The van der Waals surface area contributed by atoms with Crippen LogP contribution in [0, 0.1) is 5.92 Å². The highest BCUT2D eigenvalue weighted by Gasteiger charge is 2.28. The Labute approximate surface area is 119 Å². The number of ether oxygens (including phenoxy) is 1. The maximum absolute atomic E-state index is 6.12. The molecule has 1 unspecified atom stereocenters. The Morgan fingerprint density at radius 2 is 2.21 bits per heavy atom. The molecule has 1 fully saturated rings. The van der Waals surface area contributed by atoms with Crippen molar-refractivity contribution in [2.24, 2.45) is 5.92 Å². The Morgan fingerprint density at radius 1 is 1.47 bits per heavy atom. The molecule has 1 heterocycles. The van der Waals surface area contributed by atoms with Gasteiger partial charge < -0.3 is 4.74 Å². The summed E-state index contributed by atoms with van der Waals surface area (Å²) in [6.07, 6.45) is 8.94. The first-order chi connectivity index (χ1) is 9.06. The molecule has 0 bridgehead atoms. The predicted molar refractivity (Wildman–Crippen MR) is 83.3 cm³/mol. The minimum Gasteiger partial charge on any atom is -0.370 e. The van der Waals surface area contributed by atoms with Crippen LogP contribution < -0.4 is 0 Å². The molecule has 0 saturated carbocycles. The Morgan fingerprint density at radius 3 is 2.84 bits per heavy atom. The van der Waals surface area contributed by atoms with Crippen molar-refractivity contribution in [1.29, 1.82) is 0 Å². The smallest absolute Gasteiger partial charge is 0.0787 e. The third kappa shape index (κ3) is 5.80. The molecule has 0 amide bonds. The SMILES string of the molecule is C=C=C(C)C[C@@H](C)CCC1O[C@@H](CCCC)CC1=C. The van der Waals surface area contributed by atoms with Crippen LogP contribution in [0.1, 0.15) is 65.7 Å². The molecule has 19 heavy (non-hydrogen) atoms. The maximum Gasteiger partial charge on any atom is 0.0787 e. The lowest BCUT2D eigenvalue weighted by Gasteiger charge is -2.16. The van der Waals surface area contributed by atoms with Crippen LogP contribution >= 0.6 is 0 Å². The van der Waals surface area contributed by atoms with E-state index < -0.39 is 0 Å². The third-order valence-electron chi connectivity index (χ3n) is 4.06. The molecule has 1 nitrogen and oxygen atoms in total. The Balaban J connectivity index is 2.29. The summed E-state index contributed by atoms with van der Waals surface area (Å²) in [5.41, 5.74) is 5.55. The molecule has 0 N–H and O–H groups in total. The third-order valence-corrected chi connectivity index (χ3v) is 4.06. The van der Waals surface area contributed by atoms with Gasteiger partial charge in [-0.05, 0) is 56.1 Å². The predicted octanol–water partition coefficient (Wildman–Crippen LogP) is 5.43. The van der Waals surface area contributed by atoms with Gasteiger partial charge in [0, 0.05) is 0 Å². The zero-order valence-electron chi connectivity index (χ0n) is 13.0. The van der Waals surface area contributed by atoms with E-state index in [1.54, 1.807) is 0 Å². The van der Waals surface area contributed by atoms with E-state index in [0.29, 0.717) is 18.1 Å². The van der Waals surface area contributed by atoms with Gasteiger partial charge in [-0.15, -0.1) is 5.73 Å². The standard InChI is InChI=1S/C18H30O/c1-6-8-9-17-13-16(5)18(19-17)11-10-15(4)12-14(3)7-2/h15,17-18H,2,5-6,8-13H2,1,3-4H3/t15-,17-,18?/m0/s1. The number of rotatable bonds is 8. The second kappa shape index (κ2) is 8.40. The fraction of sp³-hybridized carbons (Fsp3) is 0.722. The lowest BCUT2D eigenvalue weighted by atomic mass is 9.94. The maximum atomic E-state index is 6.12. The van der Waals surface area contributed by atoms with Gasteiger partial charge in [-0.1, -0.05) is 39.8 Å². The van der Waals surface area contributed by atoms with Gasteiger partial charge >= 0.3 is 0 Å². The fourth-order valence-corrected chi connectivity index (χ4v) is 2.81. The van der Waals surface area contributed by atoms with Crippen LogP contribution in [0.25, 0.3) is 0 Å². The normalized spacial score (nSPS) is 24.3. The fourth-order valence-electron chi connectivity index (χ4n) is 2.81. The van der Waals surface area contributed by atoms with E-state index in [1.165, 1.54) is 36.8 Å². The monoisotopic (exact) mass is 262 g/mol. The molecule has 1 heteroatoms. The van der Waals surface area contributed by atoms with Crippen LogP contribution in [0.5, 0.6) is 0 Å². The molecular weight excluding hydrogens is 232 g/mol. The van der Waals surface area contributed by atoms with Crippen molar-refractivity contribution >= 4 is 0 Å². The van der Waals surface area contributed by atoms with Crippen LogP contribution in [0.4, 0.5) is 0 Å². The van der Waals surface area contributed by atoms with Gasteiger partial charge in [0.05, 0.1) is 12.2 Å². The van der Waals surface area contributed by atoms with Gasteiger partial charge in [0.15, 0.2) is 0 Å². The molecule has 108 valence electrons. The molecule has 1 saturated heterocycles. The first-order valence-corrected chi connectivity index (χ1v) is 7.75. The Kier molecular flexibility index (Phi) is 7.20. The number of hydrogen-bond acceptors (Lipinski definition) is 1. The van der Waals surface area contributed by atoms with Crippen LogP contribution in [0.15, 0.2) is 30.0 Å². The van der Waals surface area contributed by atoms with E-state index >= 15 is 0 Å². The molecule has 0 radical (unpaired) electrons. The van der Waals surface area contributed by atoms with E-state index in [4.69, 9.17) is 4.74 Å². The van der Waals surface area contributed by atoms with Crippen LogP contribution in [0.3, 0.4) is 0 Å². The molecule has 0 spiro atoms. The summed E-state index contributed by atoms with van der Waals surface area (Å²) >= 11 is 0. The van der Waals surface area contributed by atoms with E-state index in [0.717, 1.165) is 19.3 Å². The van der Waals surface area contributed by atoms with Crippen molar-refractivity contribution in [2.75, 3.05) is 0 Å². The summed E-state index contributed by atoms with van der Waals surface area (Å²) in [6.45, 7) is 14.5. The Bertz CT molecular complexity index is 336. The van der Waals surface area contributed by atoms with Crippen LogP contribution in [-0.2, 0) is 4.74 Å². The van der Waals surface area contributed by atoms with Crippen molar-refractivity contribution in [3.8, 4) is 0 Å². The van der Waals surface area contributed by atoms with E-state index in [2.05, 4.69) is 39.7 Å². The van der Waals surface area contributed by atoms with E-state index in [9.17, 15) is 0 Å². The zero-order chi connectivity index (χ0) is 14.3. The number of hydrogen-bond donors (Lipinski definition) is 0. The van der Waals surface area contributed by atoms with Crippen molar-refractivity contribution in [3.05, 3.63) is 30.0 Å². The molecule has 3 atom stereocenters. The molecule has 1 rings (SSSR count). The highest BCUT2D eigenvalue weighted by Crippen LogP contribution is 2.31. The number of allylic oxidation sites excluding steroid dienone is 1. The largest absolute Gasteiger partial charge is 0.370 e. The second-order valence-electron chi connectivity index (χ2n) is 6.10. The van der Waals surface area contributed by atoms with Gasteiger partial charge in [0.25, 0.3) is 0 Å². The lowest BCUT2D eigenvalue weighted by Crippen LogP contribution is -2.12. The van der Waals surface area contributed by atoms with E-state index in [-0.39, 0.29) is 0 Å². The van der Waals surface area contributed by atoms with E-state index in [1.807, 2.05) is 0 Å². The summed E-state index contributed by atoms with van der Waals surface area (Å²) in [7, 11) is 0. The van der Waals surface area contributed by atoms with Crippen LogP contribution in [-0.4, -0.2) is 12.2 Å². The summed E-state index contributed by atoms with van der Waals surface area (Å²) in [5.74, 6) is 0.681. The highest BCUT2D eigenvalue weighted by atomic mass is 16.5. The molecule has 1 aliphatic rings. The molecule has 0 aliphatic carbocycles.